The number of likely N-dealkylation sites (tertiary alicyclic amines) is 1. The number of hydrogen-bond donors (Lipinski definition) is 1. The van der Waals surface area contributed by atoms with Crippen molar-refractivity contribution in [1.29, 1.82) is 0 Å². The summed E-state index contributed by atoms with van der Waals surface area (Å²) in [5.74, 6) is 1.56. The predicted octanol–water partition coefficient (Wildman–Crippen LogP) is 2.80. The molecular weight excluding hydrogens is 258 g/mol. The van der Waals surface area contributed by atoms with Crippen LogP contribution in [0, 0.1) is 17.3 Å². The molecule has 124 valence electrons. The van der Waals surface area contributed by atoms with Crippen LogP contribution in [0.5, 0.6) is 0 Å². The Labute approximate surface area is 132 Å². The first kappa shape index (κ1) is 17.2. The van der Waals surface area contributed by atoms with Crippen LogP contribution in [0.15, 0.2) is 0 Å². The van der Waals surface area contributed by atoms with Gasteiger partial charge in [0.2, 0.25) is 0 Å². The Morgan fingerprint density at radius 1 is 1.14 bits per heavy atom. The van der Waals surface area contributed by atoms with Gasteiger partial charge in [-0.25, -0.2) is 0 Å². The third kappa shape index (κ3) is 4.20. The monoisotopic (exact) mass is 295 g/mol. The third-order valence-corrected chi connectivity index (χ3v) is 6.11. The largest absolute Gasteiger partial charge is 0.330 e. The number of rotatable bonds is 3. The Kier molecular flexibility index (Phi) is 5.72. The maximum atomic E-state index is 6.11. The van der Waals surface area contributed by atoms with Crippen molar-refractivity contribution in [3.63, 3.8) is 0 Å². The molecule has 1 saturated carbocycles. The van der Waals surface area contributed by atoms with E-state index in [9.17, 15) is 0 Å². The Hall–Kier alpha value is -0.120. The average molecular weight is 296 g/mol. The van der Waals surface area contributed by atoms with Crippen molar-refractivity contribution in [2.45, 2.75) is 65.0 Å². The molecule has 1 aliphatic heterocycles. The second-order valence-electron chi connectivity index (χ2n) is 8.69. The van der Waals surface area contributed by atoms with Crippen LogP contribution in [0.2, 0.25) is 0 Å². The highest BCUT2D eigenvalue weighted by atomic mass is 15.2. The van der Waals surface area contributed by atoms with Crippen molar-refractivity contribution in [2.24, 2.45) is 23.0 Å². The molecule has 3 heteroatoms. The summed E-state index contributed by atoms with van der Waals surface area (Å²) >= 11 is 0. The maximum absolute atomic E-state index is 6.11. The van der Waals surface area contributed by atoms with E-state index in [1.165, 1.54) is 45.2 Å². The van der Waals surface area contributed by atoms with Crippen molar-refractivity contribution < 1.29 is 0 Å². The molecule has 0 aromatic heterocycles. The maximum Gasteiger partial charge on any atom is 0.0217 e. The summed E-state index contributed by atoms with van der Waals surface area (Å²) in [5, 5.41) is 0. The van der Waals surface area contributed by atoms with Crippen LogP contribution in [-0.4, -0.2) is 55.6 Å². The highest BCUT2D eigenvalue weighted by Crippen LogP contribution is 2.42. The number of piperidine rings is 1. The van der Waals surface area contributed by atoms with Gasteiger partial charge in [-0.1, -0.05) is 20.8 Å². The van der Waals surface area contributed by atoms with E-state index in [2.05, 4.69) is 44.7 Å². The summed E-state index contributed by atoms with van der Waals surface area (Å²) in [6, 6.07) is 1.45. The van der Waals surface area contributed by atoms with Crippen LogP contribution in [0.3, 0.4) is 0 Å². The molecule has 0 aromatic carbocycles. The van der Waals surface area contributed by atoms with Gasteiger partial charge in [-0.05, 0) is 76.5 Å². The second-order valence-corrected chi connectivity index (χ2v) is 8.69. The van der Waals surface area contributed by atoms with Crippen LogP contribution in [0.1, 0.15) is 52.9 Å². The zero-order chi connectivity index (χ0) is 15.6. The molecule has 2 fully saturated rings. The summed E-state index contributed by atoms with van der Waals surface area (Å²) in [4.78, 5) is 5.19. The first-order valence-electron chi connectivity index (χ1n) is 8.93. The molecule has 21 heavy (non-hydrogen) atoms. The first-order chi connectivity index (χ1) is 9.82. The smallest absolute Gasteiger partial charge is 0.0217 e. The number of likely N-dealkylation sites (N-methyl/N-ethyl adjacent to an activating group) is 1. The number of nitrogens with zero attached hydrogens (tertiary/aromatic N) is 2. The quantitative estimate of drug-likeness (QED) is 0.869. The molecule has 2 aliphatic rings. The lowest BCUT2D eigenvalue weighted by Crippen LogP contribution is -2.54. The van der Waals surface area contributed by atoms with Crippen molar-refractivity contribution in [2.75, 3.05) is 33.7 Å². The molecule has 4 unspecified atom stereocenters. The lowest BCUT2D eigenvalue weighted by atomic mass is 9.67. The van der Waals surface area contributed by atoms with E-state index in [1.54, 1.807) is 0 Å². The van der Waals surface area contributed by atoms with E-state index >= 15 is 0 Å². The molecule has 1 aliphatic carbocycles. The van der Waals surface area contributed by atoms with Crippen molar-refractivity contribution in [1.82, 2.24) is 9.80 Å². The minimum absolute atomic E-state index is 0.439. The lowest BCUT2D eigenvalue weighted by molar-refractivity contribution is 0.0150. The topological polar surface area (TPSA) is 32.5 Å². The van der Waals surface area contributed by atoms with E-state index < -0.39 is 0 Å². The summed E-state index contributed by atoms with van der Waals surface area (Å²) in [7, 11) is 4.46. The van der Waals surface area contributed by atoms with Gasteiger partial charge >= 0.3 is 0 Å². The fourth-order valence-electron chi connectivity index (χ4n) is 4.42. The van der Waals surface area contributed by atoms with E-state index in [4.69, 9.17) is 5.73 Å². The predicted molar refractivity (Wildman–Crippen MR) is 91.4 cm³/mol. The van der Waals surface area contributed by atoms with E-state index in [0.717, 1.165) is 24.5 Å². The highest BCUT2D eigenvalue weighted by Gasteiger charge is 2.39. The van der Waals surface area contributed by atoms with Crippen LogP contribution < -0.4 is 5.73 Å². The highest BCUT2D eigenvalue weighted by molar-refractivity contribution is 4.93. The Morgan fingerprint density at radius 3 is 2.43 bits per heavy atom. The zero-order valence-corrected chi connectivity index (χ0v) is 14.9. The fraction of sp³-hybridized carbons (Fsp3) is 1.00. The van der Waals surface area contributed by atoms with Gasteiger partial charge < -0.3 is 10.6 Å². The average Bonchev–Trinajstić information content (AvgIpc) is 2.45. The number of nitrogens with two attached hydrogens (primary N) is 1. The zero-order valence-electron chi connectivity index (χ0n) is 14.9. The van der Waals surface area contributed by atoms with Gasteiger partial charge in [0.25, 0.3) is 0 Å². The second kappa shape index (κ2) is 6.97. The van der Waals surface area contributed by atoms with Gasteiger partial charge in [0.1, 0.15) is 0 Å². The minimum atomic E-state index is 0.439. The molecule has 0 spiro atoms. The molecule has 1 saturated heterocycles. The van der Waals surface area contributed by atoms with Gasteiger partial charge in [0.15, 0.2) is 0 Å². The normalized spacial score (nSPS) is 36.1. The van der Waals surface area contributed by atoms with E-state index in [-0.39, 0.29) is 0 Å². The van der Waals surface area contributed by atoms with Crippen molar-refractivity contribution >= 4 is 0 Å². The summed E-state index contributed by atoms with van der Waals surface area (Å²) in [6.45, 7) is 10.6. The van der Waals surface area contributed by atoms with Gasteiger partial charge in [0, 0.05) is 18.6 Å². The van der Waals surface area contributed by atoms with Crippen molar-refractivity contribution in [3.05, 3.63) is 0 Å². The van der Waals surface area contributed by atoms with Crippen LogP contribution in [0.4, 0.5) is 0 Å². The van der Waals surface area contributed by atoms with Gasteiger partial charge in [-0.2, -0.15) is 0 Å². The third-order valence-electron chi connectivity index (χ3n) is 6.11. The molecule has 0 aromatic rings. The fourth-order valence-corrected chi connectivity index (χ4v) is 4.42. The van der Waals surface area contributed by atoms with Gasteiger partial charge in [-0.3, -0.25) is 4.90 Å². The van der Waals surface area contributed by atoms with Crippen molar-refractivity contribution in [3.8, 4) is 0 Å². The molecule has 2 N–H and O–H groups in total. The molecule has 0 radical (unpaired) electrons. The molecular formula is C18H37N3. The van der Waals surface area contributed by atoms with Crippen LogP contribution in [0.25, 0.3) is 0 Å². The van der Waals surface area contributed by atoms with E-state index in [1.807, 2.05) is 0 Å². The molecule has 4 atom stereocenters. The Balaban J connectivity index is 2.06. The van der Waals surface area contributed by atoms with Gasteiger partial charge in [0.05, 0.1) is 0 Å². The van der Waals surface area contributed by atoms with E-state index in [0.29, 0.717) is 11.3 Å². The lowest BCUT2D eigenvalue weighted by Gasteiger charge is -2.49. The summed E-state index contributed by atoms with van der Waals surface area (Å²) in [5.41, 5.74) is 6.55. The Morgan fingerprint density at radius 2 is 1.86 bits per heavy atom. The molecule has 0 amide bonds. The molecule has 3 nitrogen and oxygen atoms in total. The van der Waals surface area contributed by atoms with Crippen LogP contribution in [-0.2, 0) is 0 Å². The first-order valence-corrected chi connectivity index (χ1v) is 8.93. The van der Waals surface area contributed by atoms with Gasteiger partial charge in [-0.15, -0.1) is 0 Å². The minimum Gasteiger partial charge on any atom is -0.330 e. The summed E-state index contributed by atoms with van der Waals surface area (Å²) in [6.07, 6.45) is 6.74. The molecule has 1 heterocycles. The molecule has 0 bridgehead atoms. The SMILES string of the molecule is CN(C)C1CCCN(C2CC(C(C)(C)C)CCC2CN)C1. The molecule has 2 rings (SSSR count). The number of hydrogen-bond acceptors (Lipinski definition) is 3. The van der Waals surface area contributed by atoms with Crippen LogP contribution >= 0.6 is 0 Å². The Bertz CT molecular complexity index is 321. The summed E-state index contributed by atoms with van der Waals surface area (Å²) < 4.78 is 0. The standard InChI is InChI=1S/C18H37N3/c1-18(2,3)15-9-8-14(12-19)17(11-15)21-10-6-7-16(13-21)20(4)5/h14-17H,6-13,19H2,1-5H3.